The van der Waals surface area contributed by atoms with E-state index in [-0.39, 0.29) is 5.91 Å². The molecule has 1 aliphatic rings. The van der Waals surface area contributed by atoms with Gasteiger partial charge in [-0.25, -0.2) is 13.4 Å². The van der Waals surface area contributed by atoms with Crippen LogP contribution in [0.15, 0.2) is 23.6 Å². The lowest BCUT2D eigenvalue weighted by molar-refractivity contribution is -0.120. The van der Waals surface area contributed by atoms with Crippen molar-refractivity contribution < 1.29 is 13.2 Å². The Hall–Kier alpha value is -1.77. The van der Waals surface area contributed by atoms with Crippen molar-refractivity contribution in [3.8, 4) is 11.3 Å². The number of aromatic nitrogens is 1. The third-order valence-electron chi connectivity index (χ3n) is 4.57. The molecule has 1 aliphatic heterocycles. The molecule has 26 heavy (non-hydrogen) atoms. The van der Waals surface area contributed by atoms with Gasteiger partial charge in [0, 0.05) is 17.5 Å². The van der Waals surface area contributed by atoms with Crippen LogP contribution < -0.4 is 5.32 Å². The average Bonchev–Trinajstić information content (AvgIpc) is 3.02. The number of piperidine rings is 1. The van der Waals surface area contributed by atoms with Crippen molar-refractivity contribution in [2.24, 2.45) is 0 Å². The summed E-state index contributed by atoms with van der Waals surface area (Å²) in [5, 5.41) is 5.19. The van der Waals surface area contributed by atoms with Gasteiger partial charge < -0.3 is 5.32 Å². The van der Waals surface area contributed by atoms with Crippen molar-refractivity contribution in [1.82, 2.24) is 9.29 Å². The number of hydrogen-bond donors (Lipinski definition) is 1. The van der Waals surface area contributed by atoms with Crippen LogP contribution in [0.25, 0.3) is 11.3 Å². The molecule has 1 fully saturated rings. The van der Waals surface area contributed by atoms with Crippen LogP contribution in [0.2, 0.25) is 0 Å². The topological polar surface area (TPSA) is 79.4 Å². The molecule has 0 spiro atoms. The number of anilines is 1. The molecule has 0 radical (unpaired) electrons. The fourth-order valence-electron chi connectivity index (χ4n) is 3.31. The molecule has 140 valence electrons. The maximum absolute atomic E-state index is 12.6. The first-order valence-electron chi connectivity index (χ1n) is 8.56. The van der Waals surface area contributed by atoms with Gasteiger partial charge in [0.15, 0.2) is 5.13 Å². The SMILES string of the molecule is Cc1ccc(-c2csc(NC(=O)[C@H]3CCCCN3S(C)(=O)=O)n2)c(C)c1. The summed E-state index contributed by atoms with van der Waals surface area (Å²) in [5.74, 6) is -0.309. The summed E-state index contributed by atoms with van der Waals surface area (Å²) < 4.78 is 25.2. The first kappa shape index (κ1) is 19.0. The largest absolute Gasteiger partial charge is 0.301 e. The fraction of sp³-hybridized carbons (Fsp3) is 0.444. The number of nitrogens with zero attached hydrogens (tertiary/aromatic N) is 2. The Bertz CT molecular complexity index is 922. The van der Waals surface area contributed by atoms with Crippen molar-refractivity contribution in [3.63, 3.8) is 0 Å². The summed E-state index contributed by atoms with van der Waals surface area (Å²) in [5.41, 5.74) is 4.16. The minimum atomic E-state index is -3.40. The van der Waals surface area contributed by atoms with E-state index in [1.165, 1.54) is 21.2 Å². The highest BCUT2D eigenvalue weighted by Gasteiger charge is 2.34. The second-order valence-electron chi connectivity index (χ2n) is 6.73. The number of carbonyl (C=O) groups excluding carboxylic acids is 1. The van der Waals surface area contributed by atoms with E-state index < -0.39 is 16.1 Å². The number of rotatable bonds is 4. The molecule has 0 saturated carbocycles. The van der Waals surface area contributed by atoms with Gasteiger partial charge in [-0.2, -0.15) is 4.31 Å². The van der Waals surface area contributed by atoms with Gasteiger partial charge in [-0.05, 0) is 32.3 Å². The summed E-state index contributed by atoms with van der Waals surface area (Å²) in [6.07, 6.45) is 3.31. The fourth-order valence-corrected chi connectivity index (χ4v) is 5.15. The highest BCUT2D eigenvalue weighted by Crippen LogP contribution is 2.29. The number of sulfonamides is 1. The maximum atomic E-state index is 12.6. The monoisotopic (exact) mass is 393 g/mol. The molecule has 3 rings (SSSR count). The Kier molecular flexibility index (Phi) is 5.45. The van der Waals surface area contributed by atoms with Crippen LogP contribution in [-0.4, -0.2) is 42.5 Å². The molecule has 2 heterocycles. The van der Waals surface area contributed by atoms with Gasteiger partial charge in [0.05, 0.1) is 11.9 Å². The van der Waals surface area contributed by atoms with Crippen LogP contribution in [0.1, 0.15) is 30.4 Å². The van der Waals surface area contributed by atoms with Crippen molar-refractivity contribution in [3.05, 3.63) is 34.7 Å². The van der Waals surface area contributed by atoms with Gasteiger partial charge in [-0.15, -0.1) is 11.3 Å². The van der Waals surface area contributed by atoms with Crippen LogP contribution in [-0.2, 0) is 14.8 Å². The molecule has 0 unspecified atom stereocenters. The molecule has 1 aromatic heterocycles. The van der Waals surface area contributed by atoms with Gasteiger partial charge in [0.1, 0.15) is 6.04 Å². The predicted octanol–water partition coefficient (Wildman–Crippen LogP) is 3.18. The predicted molar refractivity (Wildman–Crippen MR) is 105 cm³/mol. The Morgan fingerprint density at radius 3 is 2.77 bits per heavy atom. The van der Waals surface area contributed by atoms with E-state index in [1.807, 2.05) is 31.4 Å². The molecular formula is C18H23N3O3S2. The first-order valence-corrected chi connectivity index (χ1v) is 11.3. The lowest BCUT2D eigenvalue weighted by Crippen LogP contribution is -2.49. The van der Waals surface area contributed by atoms with E-state index in [9.17, 15) is 13.2 Å². The highest BCUT2D eigenvalue weighted by atomic mass is 32.2. The lowest BCUT2D eigenvalue weighted by Gasteiger charge is -2.32. The number of aryl methyl sites for hydroxylation is 2. The first-order chi connectivity index (χ1) is 12.3. The molecule has 8 heteroatoms. The second kappa shape index (κ2) is 7.46. The zero-order chi connectivity index (χ0) is 18.9. The van der Waals surface area contributed by atoms with Crippen LogP contribution in [0, 0.1) is 13.8 Å². The summed E-state index contributed by atoms with van der Waals surface area (Å²) in [4.78, 5) is 17.1. The summed E-state index contributed by atoms with van der Waals surface area (Å²) in [6.45, 7) is 4.47. The van der Waals surface area contributed by atoms with Crippen molar-refractivity contribution in [1.29, 1.82) is 0 Å². The molecular weight excluding hydrogens is 370 g/mol. The van der Waals surface area contributed by atoms with Crippen LogP contribution >= 0.6 is 11.3 Å². The van der Waals surface area contributed by atoms with Gasteiger partial charge in [0.2, 0.25) is 15.9 Å². The van der Waals surface area contributed by atoms with Crippen LogP contribution in [0.4, 0.5) is 5.13 Å². The third-order valence-corrected chi connectivity index (χ3v) is 6.62. The van der Waals surface area contributed by atoms with Gasteiger partial charge >= 0.3 is 0 Å². The molecule has 6 nitrogen and oxygen atoms in total. The third kappa shape index (κ3) is 4.13. The molecule has 1 saturated heterocycles. The summed E-state index contributed by atoms with van der Waals surface area (Å²) in [7, 11) is -3.40. The van der Waals surface area contributed by atoms with Gasteiger partial charge in [-0.1, -0.05) is 30.2 Å². The van der Waals surface area contributed by atoms with Gasteiger partial charge in [0.25, 0.3) is 0 Å². The zero-order valence-corrected chi connectivity index (χ0v) is 16.8. The van der Waals surface area contributed by atoms with E-state index in [0.717, 1.165) is 35.9 Å². The highest BCUT2D eigenvalue weighted by molar-refractivity contribution is 7.88. The second-order valence-corrected chi connectivity index (χ2v) is 9.52. The number of carbonyl (C=O) groups is 1. The molecule has 0 bridgehead atoms. The smallest absolute Gasteiger partial charge is 0.244 e. The van der Waals surface area contributed by atoms with Crippen molar-refractivity contribution >= 4 is 32.4 Å². The maximum Gasteiger partial charge on any atom is 0.244 e. The number of amides is 1. The normalized spacial score (nSPS) is 18.7. The van der Waals surface area contributed by atoms with Gasteiger partial charge in [-0.3, -0.25) is 4.79 Å². The van der Waals surface area contributed by atoms with Crippen molar-refractivity contribution in [2.45, 2.75) is 39.2 Å². The number of thiazole rings is 1. The zero-order valence-electron chi connectivity index (χ0n) is 15.2. The Morgan fingerprint density at radius 2 is 2.08 bits per heavy atom. The number of nitrogens with one attached hydrogen (secondary N) is 1. The minimum Gasteiger partial charge on any atom is -0.301 e. The molecule has 2 aromatic rings. The average molecular weight is 394 g/mol. The van der Waals surface area contributed by atoms with E-state index in [1.54, 1.807) is 0 Å². The van der Waals surface area contributed by atoms with E-state index in [2.05, 4.69) is 16.4 Å². The minimum absolute atomic E-state index is 0.309. The van der Waals surface area contributed by atoms with E-state index >= 15 is 0 Å². The number of hydrogen-bond acceptors (Lipinski definition) is 5. The Labute approximate surface area is 158 Å². The molecule has 1 atom stereocenters. The van der Waals surface area contributed by atoms with Crippen LogP contribution in [0.5, 0.6) is 0 Å². The van der Waals surface area contributed by atoms with Crippen molar-refractivity contribution in [2.75, 3.05) is 18.1 Å². The number of benzene rings is 1. The summed E-state index contributed by atoms with van der Waals surface area (Å²) >= 11 is 1.35. The van der Waals surface area contributed by atoms with Crippen LogP contribution in [0.3, 0.4) is 0 Å². The lowest BCUT2D eigenvalue weighted by atomic mass is 10.0. The standard InChI is InChI=1S/C18H23N3O3S2/c1-12-7-8-14(13(2)10-12)15-11-25-18(19-15)20-17(22)16-6-4-5-9-21(16)26(3,23)24/h7-8,10-11,16H,4-6,9H2,1-3H3,(H,19,20,22)/t16-/m1/s1. The Balaban J connectivity index is 1.77. The molecule has 1 amide bonds. The molecule has 0 aliphatic carbocycles. The molecule has 1 aromatic carbocycles. The quantitative estimate of drug-likeness (QED) is 0.865. The van der Waals surface area contributed by atoms with E-state index in [0.29, 0.717) is 18.1 Å². The summed E-state index contributed by atoms with van der Waals surface area (Å²) in [6, 6.07) is 5.50. The molecule has 1 N–H and O–H groups in total. The Morgan fingerprint density at radius 1 is 1.31 bits per heavy atom. The van der Waals surface area contributed by atoms with E-state index in [4.69, 9.17) is 0 Å².